The van der Waals surface area contributed by atoms with Crippen LogP contribution in [-0.4, -0.2) is 53.0 Å². The zero-order valence-corrected chi connectivity index (χ0v) is 12.4. The monoisotopic (exact) mass is 276 g/mol. The fourth-order valence-electron chi connectivity index (χ4n) is 0. The normalized spacial score (nSPS) is 9.08. The summed E-state index contributed by atoms with van der Waals surface area (Å²) < 4.78 is 27.3. The van der Waals surface area contributed by atoms with Crippen LogP contribution in [0.2, 0.25) is 0 Å². The third kappa shape index (κ3) is 382. The summed E-state index contributed by atoms with van der Waals surface area (Å²) in [5, 5.41) is 0. The second-order valence-corrected chi connectivity index (χ2v) is 2.76. The Hall–Kier alpha value is 2.41. The van der Waals surface area contributed by atoms with Gasteiger partial charge in [0.25, 0.3) is 7.82 Å². The number of halogens is 1. The number of hydrogen-bond acceptors (Lipinski definition) is 5. The molecule has 0 amide bonds. The second kappa shape index (κ2) is 12.5. The van der Waals surface area contributed by atoms with E-state index in [0.717, 1.165) is 0 Å². The van der Waals surface area contributed by atoms with Gasteiger partial charge in [0.05, 0.1) is 0 Å². The predicted octanol–water partition coefficient (Wildman–Crippen LogP) is -6.98. The zero-order chi connectivity index (χ0) is 9.00. The van der Waals surface area contributed by atoms with E-state index in [2.05, 4.69) is 0 Å². The Kier molecular flexibility index (Phi) is 28.3. The summed E-state index contributed by atoms with van der Waals surface area (Å²) in [5.41, 5.74) is 0. The molecule has 8 nitrogen and oxygen atoms in total. The van der Waals surface area contributed by atoms with E-state index in [9.17, 15) is 4.20 Å². The molecule has 0 rings (SSSR count). The Labute approximate surface area is 125 Å². The van der Waals surface area contributed by atoms with Crippen molar-refractivity contribution in [3.8, 4) is 0 Å². The van der Waals surface area contributed by atoms with Gasteiger partial charge in [-0.25, -0.2) is 4.20 Å². The van der Waals surface area contributed by atoms with Gasteiger partial charge in [0.15, 0.2) is 0 Å². The predicted molar refractivity (Wildman–Crippen MR) is 30.1 cm³/mol. The first-order valence-corrected chi connectivity index (χ1v) is 4.45. The third-order valence-corrected chi connectivity index (χ3v) is 0. The number of hydrogen-bond donors (Lipinski definition) is 2. The van der Waals surface area contributed by atoms with Crippen molar-refractivity contribution in [1.82, 2.24) is 0 Å². The van der Waals surface area contributed by atoms with Crippen LogP contribution in [0.1, 0.15) is 0 Å². The molecule has 0 bridgehead atoms. The van der Waals surface area contributed by atoms with Gasteiger partial charge in [0, 0.05) is 0 Å². The number of rotatable bonds is 0. The Bertz CT molecular complexity index is 134. The molecule has 0 spiro atoms. The van der Waals surface area contributed by atoms with Gasteiger partial charge in [0.2, 0.25) is 0 Å². The maximum atomic E-state index is 10.1. The van der Waals surface area contributed by atoms with Crippen LogP contribution >= 0.6 is 15.7 Å². The van der Waals surface area contributed by atoms with E-state index in [1.54, 1.807) is 0 Å². The fraction of sp³-hybridized carbons (Fsp3) is 0. The minimum atomic E-state index is -5.64. The van der Waals surface area contributed by atoms with Crippen LogP contribution in [0.15, 0.2) is 0 Å². The van der Waals surface area contributed by atoms with E-state index >= 15 is 0 Å². The van der Waals surface area contributed by atoms with Gasteiger partial charge in [-0.15, -0.1) is 0 Å². The molecule has 0 aromatic carbocycles. The van der Waals surface area contributed by atoms with Gasteiger partial charge < -0.3 is 34.5 Å². The third-order valence-electron chi connectivity index (χ3n) is 0. The molecule has 0 atom stereocenters. The first-order chi connectivity index (χ1) is 4.00. The maximum absolute atomic E-state index is 10.1. The van der Waals surface area contributed by atoms with E-state index in [4.69, 9.17) is 33.6 Å². The number of phosphoric acid groups is 1. The molecule has 72 valence electrons. The largest absolute Gasteiger partial charge is 2.00 e. The minimum absolute atomic E-state index is 0. The summed E-state index contributed by atoms with van der Waals surface area (Å²) in [6.07, 6.45) is 0. The smallest absolute Gasteiger partial charge is 0.786 e. The van der Waals surface area contributed by atoms with Crippen molar-refractivity contribution in [2.45, 2.75) is 0 Å². The van der Waals surface area contributed by atoms with Gasteiger partial charge in [-0.1, -0.05) is 0 Å². The SMILES string of the molecule is O.O=P([O-])(O)O.O=P([O-])([O-])F.[Ca+2].[Na+]. The average molecular weight is 276 g/mol. The summed E-state index contributed by atoms with van der Waals surface area (Å²) in [5.74, 6) is 0. The molecule has 0 aliphatic heterocycles. The molecule has 13 heavy (non-hydrogen) atoms. The van der Waals surface area contributed by atoms with Crippen molar-refractivity contribution >= 4 is 53.5 Å². The van der Waals surface area contributed by atoms with Crippen molar-refractivity contribution in [1.29, 1.82) is 0 Å². The Balaban J connectivity index is -0.0000000267. The molecule has 0 aromatic heterocycles. The first kappa shape index (κ1) is 29.5. The standard InChI is InChI=1S/Ca.FH2O3P.Na.H3O4P.H2O/c;1-5(2,3)4;;1-5(2,3)4;/h;(H2,2,3,4);;(H3,1,2,3,4);1H2/q+2;;+1;;/p-3. The van der Waals surface area contributed by atoms with E-state index < -0.39 is 15.7 Å². The van der Waals surface area contributed by atoms with Crippen molar-refractivity contribution in [3.63, 3.8) is 0 Å². The topological polar surface area (TPSA) is 175 Å². The quantitative estimate of drug-likeness (QED) is 0.326. The molecular weight excluding hydrogens is 272 g/mol. The summed E-state index contributed by atoms with van der Waals surface area (Å²) in [6, 6.07) is 0. The van der Waals surface area contributed by atoms with Crippen LogP contribution < -0.4 is 44.2 Å². The Morgan fingerprint density at radius 3 is 1.08 bits per heavy atom. The van der Waals surface area contributed by atoms with Gasteiger partial charge in [-0.05, 0) is 0 Å². The molecule has 0 fully saturated rings. The molecule has 0 unspecified atom stereocenters. The summed E-state index contributed by atoms with van der Waals surface area (Å²) in [6.45, 7) is 0. The molecule has 0 aliphatic rings. The zero-order valence-electron chi connectivity index (χ0n) is 6.42. The van der Waals surface area contributed by atoms with Crippen molar-refractivity contribution < 1.29 is 72.8 Å². The summed E-state index contributed by atoms with van der Waals surface area (Å²) >= 11 is 0. The van der Waals surface area contributed by atoms with Crippen LogP contribution in [0, 0.1) is 0 Å². The van der Waals surface area contributed by atoms with Gasteiger partial charge in [-0.2, -0.15) is 0 Å². The molecule has 0 aliphatic carbocycles. The van der Waals surface area contributed by atoms with Crippen molar-refractivity contribution in [2.75, 3.05) is 0 Å². The van der Waals surface area contributed by atoms with Gasteiger partial charge in [-0.3, -0.25) is 4.57 Å². The van der Waals surface area contributed by atoms with Crippen molar-refractivity contribution in [3.05, 3.63) is 0 Å². The molecule has 0 radical (unpaired) electrons. The first-order valence-electron chi connectivity index (χ1n) is 1.48. The van der Waals surface area contributed by atoms with E-state index in [1.807, 2.05) is 0 Å². The summed E-state index contributed by atoms with van der Waals surface area (Å²) in [7, 11) is -10.5. The maximum Gasteiger partial charge on any atom is 2.00 e. The van der Waals surface area contributed by atoms with E-state index in [-0.39, 0.29) is 72.8 Å². The Morgan fingerprint density at radius 1 is 1.08 bits per heavy atom. The van der Waals surface area contributed by atoms with Gasteiger partial charge in [0.1, 0.15) is 7.91 Å². The summed E-state index contributed by atoms with van der Waals surface area (Å²) in [4.78, 5) is 39.8. The van der Waals surface area contributed by atoms with E-state index in [0.29, 0.717) is 0 Å². The average Bonchev–Trinajstić information content (AvgIpc) is 1.12. The van der Waals surface area contributed by atoms with Crippen LogP contribution in [-0.2, 0) is 9.13 Å². The molecular formula is H4CaFNaO8P2. The molecule has 4 N–H and O–H groups in total. The minimum Gasteiger partial charge on any atom is -0.786 e. The van der Waals surface area contributed by atoms with Crippen LogP contribution in [0.4, 0.5) is 4.20 Å². The van der Waals surface area contributed by atoms with Gasteiger partial charge >= 0.3 is 67.3 Å². The molecule has 13 heteroatoms. The van der Waals surface area contributed by atoms with Crippen LogP contribution in [0.5, 0.6) is 0 Å². The van der Waals surface area contributed by atoms with Crippen molar-refractivity contribution in [2.24, 2.45) is 0 Å². The fourth-order valence-corrected chi connectivity index (χ4v) is 0. The Morgan fingerprint density at radius 2 is 1.08 bits per heavy atom. The van der Waals surface area contributed by atoms with Crippen LogP contribution in [0.3, 0.4) is 0 Å². The molecule has 0 saturated heterocycles. The molecule has 0 aromatic rings. The molecule has 0 saturated carbocycles. The second-order valence-electron chi connectivity index (χ2n) is 0.921. The van der Waals surface area contributed by atoms with Crippen LogP contribution in [0.25, 0.3) is 0 Å². The van der Waals surface area contributed by atoms with E-state index in [1.165, 1.54) is 0 Å². The molecule has 0 heterocycles.